The van der Waals surface area contributed by atoms with Crippen LogP contribution in [-0.4, -0.2) is 34.0 Å². The van der Waals surface area contributed by atoms with Gasteiger partial charge in [0.05, 0.1) is 31.8 Å². The number of carbonyl (C=O) groups excluding carboxylic acids is 1. The highest BCUT2D eigenvalue weighted by Crippen LogP contribution is 2.28. The molecule has 0 spiro atoms. The number of ether oxygens (including phenoxy) is 2. The van der Waals surface area contributed by atoms with Crippen LogP contribution in [0.15, 0.2) is 47.3 Å². The molecule has 0 fully saturated rings. The molecule has 7 heteroatoms. The predicted octanol–water partition coefficient (Wildman–Crippen LogP) is 3.42. The van der Waals surface area contributed by atoms with Gasteiger partial charge in [-0.3, -0.25) is 9.59 Å². The van der Waals surface area contributed by atoms with Crippen LogP contribution < -0.4 is 15.0 Å². The Morgan fingerprint density at radius 3 is 2.50 bits per heavy atom. The summed E-state index contributed by atoms with van der Waals surface area (Å²) < 4.78 is 14.0. The summed E-state index contributed by atoms with van der Waals surface area (Å²) in [5.74, 6) is 1.40. The summed E-state index contributed by atoms with van der Waals surface area (Å²) in [4.78, 5) is 30.9. The van der Waals surface area contributed by atoms with E-state index in [1.807, 2.05) is 42.7 Å². The number of rotatable bonds is 6. The second-order valence-corrected chi connectivity index (χ2v) is 7.04. The van der Waals surface area contributed by atoms with Crippen LogP contribution in [0, 0.1) is 6.92 Å². The van der Waals surface area contributed by atoms with Crippen LogP contribution in [0.5, 0.6) is 11.5 Å². The molecule has 154 valence electrons. The summed E-state index contributed by atoms with van der Waals surface area (Å²) >= 11 is 0. The Morgan fingerprint density at radius 1 is 1.07 bits per heavy atom. The van der Waals surface area contributed by atoms with E-state index in [0.717, 1.165) is 16.7 Å². The molecule has 30 heavy (non-hydrogen) atoms. The van der Waals surface area contributed by atoms with Crippen LogP contribution >= 0.6 is 0 Å². The van der Waals surface area contributed by atoms with Crippen molar-refractivity contribution in [2.45, 2.75) is 26.8 Å². The molecule has 0 bridgehead atoms. The molecule has 0 saturated heterocycles. The first-order chi connectivity index (χ1) is 14.5. The lowest BCUT2D eigenvalue weighted by atomic mass is 10.1. The van der Waals surface area contributed by atoms with E-state index in [1.54, 1.807) is 29.7 Å². The Balaban J connectivity index is 1.88. The van der Waals surface area contributed by atoms with Crippen molar-refractivity contribution in [3.8, 4) is 11.5 Å². The number of methoxy groups -OCH3 is 2. The van der Waals surface area contributed by atoms with E-state index in [1.165, 1.54) is 7.11 Å². The number of nitrogens with zero attached hydrogens (tertiary/aromatic N) is 3. The fraction of sp³-hybridized carbons (Fsp3) is 0.261. The number of carbonyl (C=O) groups is 1. The zero-order valence-corrected chi connectivity index (χ0v) is 17.4. The minimum atomic E-state index is -0.112. The van der Waals surface area contributed by atoms with Crippen molar-refractivity contribution >= 4 is 22.6 Å². The molecule has 7 nitrogen and oxygen atoms in total. The van der Waals surface area contributed by atoms with Gasteiger partial charge in [-0.1, -0.05) is 19.1 Å². The lowest BCUT2D eigenvalue weighted by Crippen LogP contribution is -2.26. The molecule has 2 aromatic heterocycles. The van der Waals surface area contributed by atoms with Gasteiger partial charge in [-0.25, -0.2) is 9.38 Å². The van der Waals surface area contributed by atoms with Crippen LogP contribution in [0.2, 0.25) is 0 Å². The zero-order chi connectivity index (χ0) is 21.4. The number of aromatic nitrogens is 3. The quantitative estimate of drug-likeness (QED) is 0.460. The molecule has 0 aliphatic carbocycles. The summed E-state index contributed by atoms with van der Waals surface area (Å²) in [5.41, 5.74) is 3.28. The molecule has 4 rings (SSSR count). The molecule has 0 aliphatic heterocycles. The second kappa shape index (κ2) is 7.67. The highest BCUT2D eigenvalue weighted by Gasteiger charge is 2.20. The lowest BCUT2D eigenvalue weighted by molar-refractivity contribution is 0.0971. The molecule has 0 aliphatic rings. The van der Waals surface area contributed by atoms with E-state index >= 15 is 0 Å². The molecule has 0 unspecified atom stereocenters. The molecule has 0 radical (unpaired) electrons. The minimum Gasteiger partial charge on any atom is -0.493 e. The van der Waals surface area contributed by atoms with Gasteiger partial charge >= 0.3 is 0 Å². The van der Waals surface area contributed by atoms with E-state index in [0.29, 0.717) is 34.8 Å². The number of ketones is 1. The molecular weight excluding hydrogens is 382 g/mol. The Kier molecular flexibility index (Phi) is 5.03. The van der Waals surface area contributed by atoms with E-state index in [9.17, 15) is 9.59 Å². The van der Waals surface area contributed by atoms with Gasteiger partial charge in [0, 0.05) is 16.8 Å². The fourth-order valence-corrected chi connectivity index (χ4v) is 3.84. The molecule has 0 saturated carbocycles. The molecule has 2 heterocycles. The predicted molar refractivity (Wildman–Crippen MR) is 115 cm³/mol. The van der Waals surface area contributed by atoms with Crippen molar-refractivity contribution in [2.24, 2.45) is 0 Å². The SMILES string of the molecule is CCc1c(C)n(CC(=O)c2ccc(OC)c(OC)c2)c2nc3ccccc3n2c1=O. The van der Waals surface area contributed by atoms with E-state index < -0.39 is 0 Å². The van der Waals surface area contributed by atoms with Crippen LogP contribution in [0.1, 0.15) is 28.5 Å². The molecule has 0 amide bonds. The maximum absolute atomic E-state index is 13.1. The number of para-hydroxylation sites is 2. The Hall–Kier alpha value is -3.61. The molecule has 2 aromatic carbocycles. The number of fused-ring (bicyclic) bond motifs is 3. The van der Waals surface area contributed by atoms with Crippen molar-refractivity contribution in [3.05, 3.63) is 69.6 Å². The fourth-order valence-electron chi connectivity index (χ4n) is 3.84. The Bertz CT molecular complexity index is 1330. The van der Waals surface area contributed by atoms with Crippen molar-refractivity contribution in [2.75, 3.05) is 14.2 Å². The molecule has 4 aromatic rings. The molecular formula is C23H23N3O4. The minimum absolute atomic E-state index is 0.0570. The van der Waals surface area contributed by atoms with Crippen molar-refractivity contribution < 1.29 is 14.3 Å². The first kappa shape index (κ1) is 19.7. The highest BCUT2D eigenvalue weighted by molar-refractivity contribution is 5.97. The highest BCUT2D eigenvalue weighted by atomic mass is 16.5. The number of hydrogen-bond donors (Lipinski definition) is 0. The first-order valence-electron chi connectivity index (χ1n) is 9.74. The zero-order valence-electron chi connectivity index (χ0n) is 17.4. The summed E-state index contributed by atoms with van der Waals surface area (Å²) in [6.45, 7) is 3.86. The summed E-state index contributed by atoms with van der Waals surface area (Å²) in [5, 5.41) is 0. The van der Waals surface area contributed by atoms with Crippen LogP contribution in [0.4, 0.5) is 0 Å². The largest absolute Gasteiger partial charge is 0.493 e. The topological polar surface area (TPSA) is 74.8 Å². The smallest absolute Gasteiger partial charge is 0.262 e. The normalized spacial score (nSPS) is 11.2. The van der Waals surface area contributed by atoms with Gasteiger partial charge < -0.3 is 14.0 Å². The maximum atomic E-state index is 13.1. The molecule has 0 N–H and O–H groups in total. The third-order valence-corrected chi connectivity index (χ3v) is 5.45. The van der Waals surface area contributed by atoms with Gasteiger partial charge in [-0.2, -0.15) is 0 Å². The summed E-state index contributed by atoms with van der Waals surface area (Å²) in [6, 6.07) is 12.6. The Morgan fingerprint density at radius 2 is 1.80 bits per heavy atom. The number of Topliss-reactive ketones (excluding diaryl/α,β-unsaturated/α-hetero) is 1. The third-order valence-electron chi connectivity index (χ3n) is 5.45. The van der Waals surface area contributed by atoms with Gasteiger partial charge in [0.15, 0.2) is 17.3 Å². The van der Waals surface area contributed by atoms with Crippen molar-refractivity contribution in [3.63, 3.8) is 0 Å². The lowest BCUT2D eigenvalue weighted by Gasteiger charge is -2.16. The number of hydrogen-bond acceptors (Lipinski definition) is 5. The van der Waals surface area contributed by atoms with Gasteiger partial charge in [0.25, 0.3) is 5.56 Å². The second-order valence-electron chi connectivity index (χ2n) is 7.04. The van der Waals surface area contributed by atoms with E-state index in [2.05, 4.69) is 4.98 Å². The average Bonchev–Trinajstić information content (AvgIpc) is 3.16. The number of imidazole rings is 1. The van der Waals surface area contributed by atoms with Crippen molar-refractivity contribution in [1.29, 1.82) is 0 Å². The summed E-state index contributed by atoms with van der Waals surface area (Å²) in [6.07, 6.45) is 0.567. The standard InChI is InChI=1S/C23H23N3O4/c1-5-16-14(2)25(13-19(27)15-10-11-20(29-3)21(12-15)30-4)23-24-17-8-6-7-9-18(17)26(23)22(16)28/h6-12H,5,13H2,1-4H3. The summed E-state index contributed by atoms with van der Waals surface area (Å²) in [7, 11) is 3.08. The number of benzene rings is 2. The van der Waals surface area contributed by atoms with E-state index in [-0.39, 0.29) is 17.9 Å². The van der Waals surface area contributed by atoms with Gasteiger partial charge in [0.2, 0.25) is 5.78 Å². The molecule has 0 atom stereocenters. The van der Waals surface area contributed by atoms with Crippen LogP contribution in [-0.2, 0) is 13.0 Å². The third kappa shape index (κ3) is 3.03. The monoisotopic (exact) mass is 405 g/mol. The van der Waals surface area contributed by atoms with Gasteiger partial charge in [-0.15, -0.1) is 0 Å². The Labute approximate surface area is 173 Å². The van der Waals surface area contributed by atoms with E-state index in [4.69, 9.17) is 9.47 Å². The van der Waals surface area contributed by atoms with Crippen LogP contribution in [0.25, 0.3) is 16.8 Å². The van der Waals surface area contributed by atoms with Crippen LogP contribution in [0.3, 0.4) is 0 Å². The van der Waals surface area contributed by atoms with Crippen molar-refractivity contribution in [1.82, 2.24) is 14.0 Å². The van der Waals surface area contributed by atoms with Gasteiger partial charge in [0.1, 0.15) is 0 Å². The van der Waals surface area contributed by atoms with Gasteiger partial charge in [-0.05, 0) is 43.7 Å². The maximum Gasteiger partial charge on any atom is 0.262 e. The first-order valence-corrected chi connectivity index (χ1v) is 9.74. The average molecular weight is 405 g/mol.